The van der Waals surface area contributed by atoms with Crippen LogP contribution in [0.5, 0.6) is 0 Å². The first-order valence-electron chi connectivity index (χ1n) is 14.8. The highest BCUT2D eigenvalue weighted by Gasteiger charge is 2.23. The monoisotopic (exact) mass is 510 g/mol. The lowest BCUT2D eigenvalue weighted by atomic mass is 10.2. The third kappa shape index (κ3) is 17.9. The Balaban J connectivity index is -0.000000454. The maximum Gasteiger partial charge on any atom is 0.0783 e. The predicted molar refractivity (Wildman–Crippen MR) is 154 cm³/mol. The topological polar surface area (TPSA) is 70.1 Å². The zero-order chi connectivity index (χ0) is 27.0. The molecule has 5 heteroatoms. The highest BCUT2D eigenvalue weighted by molar-refractivity contribution is 5.85. The minimum Gasteiger partial charge on any atom is -0.870 e. The highest BCUT2D eigenvalue weighted by Crippen LogP contribution is 2.13. The second-order valence-electron chi connectivity index (χ2n) is 10.1. The van der Waals surface area contributed by atoms with Gasteiger partial charge in [0.25, 0.3) is 0 Å². The molecule has 0 aliphatic rings. The Labute approximate surface area is 225 Å². The minimum atomic E-state index is -1.13. The number of carboxylic acids is 1. The van der Waals surface area contributed by atoms with E-state index in [2.05, 4.69) is 55.4 Å². The molecule has 1 rings (SSSR count). The smallest absolute Gasteiger partial charge is 0.0783 e. The summed E-state index contributed by atoms with van der Waals surface area (Å²) in [6.07, 6.45) is 10.7. The Morgan fingerprint density at radius 1 is 0.528 bits per heavy atom. The number of rotatable bonds is 17. The van der Waals surface area contributed by atoms with Gasteiger partial charge in [-0.25, -0.2) is 0 Å². The van der Waals surface area contributed by atoms with Gasteiger partial charge in [0.05, 0.1) is 58.3 Å². The molecule has 0 bridgehead atoms. The molecule has 0 unspecified atom stereocenters. The van der Waals surface area contributed by atoms with E-state index in [0.717, 1.165) is 0 Å². The molecule has 1 aromatic carbocycles. The molecule has 0 amide bonds. The molecule has 214 valence electrons. The first-order chi connectivity index (χ1) is 16.8. The van der Waals surface area contributed by atoms with E-state index in [1.54, 1.807) is 18.2 Å². The second kappa shape index (κ2) is 25.2. The number of carbonyl (C=O) groups is 1. The van der Waals surface area contributed by atoms with Crippen LogP contribution in [0.3, 0.4) is 0 Å². The van der Waals surface area contributed by atoms with Gasteiger partial charge in [-0.2, -0.15) is 0 Å². The van der Waals surface area contributed by atoms with Gasteiger partial charge in [0.1, 0.15) is 0 Å². The molecule has 1 N–H and O–H groups in total. The van der Waals surface area contributed by atoms with Crippen LogP contribution in [0, 0.1) is 0 Å². The summed E-state index contributed by atoms with van der Waals surface area (Å²) in [5.74, 6) is -1.13. The molecule has 1 aromatic rings. The van der Waals surface area contributed by atoms with E-state index in [0.29, 0.717) is 0 Å². The van der Waals surface area contributed by atoms with E-state index in [-0.39, 0.29) is 11.0 Å². The van der Waals surface area contributed by atoms with Gasteiger partial charge in [0.15, 0.2) is 0 Å². The number of hydrogen-bond donors (Lipinski definition) is 0. The van der Waals surface area contributed by atoms with Gasteiger partial charge in [-0.05, 0) is 56.9 Å². The first-order valence-corrected chi connectivity index (χ1v) is 14.8. The lowest BCUT2D eigenvalue weighted by molar-refractivity contribution is -0.928. The van der Waals surface area contributed by atoms with Gasteiger partial charge in [-0.1, -0.05) is 85.7 Å². The minimum absolute atomic E-state index is 0. The quantitative estimate of drug-likeness (QED) is 0.217. The van der Waals surface area contributed by atoms with E-state index < -0.39 is 5.97 Å². The summed E-state index contributed by atoms with van der Waals surface area (Å²) in [6, 6.07) is 8.06. The van der Waals surface area contributed by atoms with Crippen LogP contribution < -0.4 is 5.11 Å². The summed E-state index contributed by atoms with van der Waals surface area (Å²) in [5, 5.41) is 10.1. The highest BCUT2D eigenvalue weighted by atomic mass is 16.4. The SMILES string of the molecule is CCC[N+](CCC)(CCC)CCC.CCC[N+](CCC)(CCC)CCC.O=C([O-])c1ccccc1.[OH-]. The average molecular weight is 511 g/mol. The third-order valence-electron chi connectivity index (χ3n) is 6.59. The Morgan fingerprint density at radius 2 is 0.750 bits per heavy atom. The van der Waals surface area contributed by atoms with Crippen LogP contribution in [0.25, 0.3) is 0 Å². The molecule has 0 aromatic heterocycles. The van der Waals surface area contributed by atoms with Crippen molar-refractivity contribution in [2.75, 3.05) is 52.4 Å². The van der Waals surface area contributed by atoms with E-state index >= 15 is 0 Å². The lowest BCUT2D eigenvalue weighted by Gasteiger charge is -2.38. The predicted octanol–water partition coefficient (Wildman–Crippen LogP) is 6.76. The van der Waals surface area contributed by atoms with Crippen LogP contribution in [0.1, 0.15) is 117 Å². The third-order valence-corrected chi connectivity index (χ3v) is 6.59. The zero-order valence-electron chi connectivity index (χ0n) is 25.4. The Kier molecular flexibility index (Phi) is 27.4. The van der Waals surface area contributed by atoms with Crippen LogP contribution in [-0.4, -0.2) is 72.8 Å². The van der Waals surface area contributed by atoms with Crippen LogP contribution >= 0.6 is 0 Å². The summed E-state index contributed by atoms with van der Waals surface area (Å²) >= 11 is 0. The Bertz CT molecular complexity index is 506. The van der Waals surface area contributed by atoms with Crippen molar-refractivity contribution in [1.82, 2.24) is 0 Å². The molecular formula is C31H62N2O3. The number of benzene rings is 1. The number of carboxylic acid groups (broad SMARTS) is 1. The zero-order valence-corrected chi connectivity index (χ0v) is 25.4. The van der Waals surface area contributed by atoms with Gasteiger partial charge >= 0.3 is 0 Å². The Morgan fingerprint density at radius 3 is 0.889 bits per heavy atom. The van der Waals surface area contributed by atoms with Crippen molar-refractivity contribution in [3.05, 3.63) is 35.9 Å². The maximum absolute atomic E-state index is 10.1. The number of nitrogens with zero attached hydrogens (tertiary/aromatic N) is 2. The normalized spacial score (nSPS) is 10.9. The van der Waals surface area contributed by atoms with Gasteiger partial charge in [0, 0.05) is 0 Å². The molecule has 0 spiro atoms. The molecule has 0 atom stereocenters. The molecule has 0 radical (unpaired) electrons. The average Bonchev–Trinajstić information content (AvgIpc) is 2.82. The molecule has 0 fully saturated rings. The molecule has 36 heavy (non-hydrogen) atoms. The van der Waals surface area contributed by atoms with Crippen molar-refractivity contribution in [2.24, 2.45) is 0 Å². The standard InChI is InChI=1S/2C12H28N.C7H6O2.H2O/c2*1-5-9-13(10-6-2,11-7-3)12-8-4;8-7(9)6-4-2-1-3-5-6;/h2*5-12H2,1-4H3;1-5H,(H,8,9);1H2/q2*+1;;/p-2. The van der Waals surface area contributed by atoms with E-state index in [1.165, 1.54) is 125 Å². The van der Waals surface area contributed by atoms with Crippen LogP contribution in [0.4, 0.5) is 0 Å². The van der Waals surface area contributed by atoms with Gasteiger partial charge in [-0.15, -0.1) is 0 Å². The summed E-state index contributed by atoms with van der Waals surface area (Å²) < 4.78 is 2.75. The van der Waals surface area contributed by atoms with Crippen LogP contribution in [0.2, 0.25) is 0 Å². The summed E-state index contributed by atoms with van der Waals surface area (Å²) in [6.45, 7) is 29.6. The van der Waals surface area contributed by atoms with E-state index in [9.17, 15) is 9.90 Å². The molecule has 5 nitrogen and oxygen atoms in total. The van der Waals surface area contributed by atoms with Crippen LogP contribution in [-0.2, 0) is 0 Å². The van der Waals surface area contributed by atoms with Crippen molar-refractivity contribution in [2.45, 2.75) is 107 Å². The van der Waals surface area contributed by atoms with Crippen LogP contribution in [0.15, 0.2) is 30.3 Å². The summed E-state index contributed by atoms with van der Waals surface area (Å²) in [5.41, 5.74) is 0.220. The maximum atomic E-state index is 10.1. The molecule has 0 heterocycles. The van der Waals surface area contributed by atoms with Crippen molar-refractivity contribution >= 4 is 5.97 Å². The number of aromatic carboxylic acids is 1. The van der Waals surface area contributed by atoms with Crippen molar-refractivity contribution in [3.63, 3.8) is 0 Å². The van der Waals surface area contributed by atoms with Gasteiger partial charge < -0.3 is 24.3 Å². The molecular weight excluding hydrogens is 448 g/mol. The van der Waals surface area contributed by atoms with E-state index in [1.807, 2.05) is 0 Å². The molecule has 0 saturated heterocycles. The van der Waals surface area contributed by atoms with Crippen molar-refractivity contribution in [3.8, 4) is 0 Å². The number of hydrogen-bond acceptors (Lipinski definition) is 3. The fourth-order valence-corrected chi connectivity index (χ4v) is 5.71. The second-order valence-corrected chi connectivity index (χ2v) is 10.1. The van der Waals surface area contributed by atoms with Gasteiger partial charge in [-0.3, -0.25) is 0 Å². The Hall–Kier alpha value is -1.43. The fraction of sp³-hybridized carbons (Fsp3) is 0.774. The summed E-state index contributed by atoms with van der Waals surface area (Å²) in [4.78, 5) is 10.1. The van der Waals surface area contributed by atoms with Gasteiger partial charge in [0.2, 0.25) is 0 Å². The van der Waals surface area contributed by atoms with Crippen molar-refractivity contribution < 1.29 is 24.3 Å². The number of carbonyl (C=O) groups excluding carboxylic acids is 1. The largest absolute Gasteiger partial charge is 0.870 e. The first kappa shape index (κ1) is 39.1. The van der Waals surface area contributed by atoms with Crippen molar-refractivity contribution in [1.29, 1.82) is 0 Å². The lowest BCUT2D eigenvalue weighted by Crippen LogP contribution is -2.50. The molecule has 0 aliphatic heterocycles. The number of quaternary nitrogens is 2. The summed E-state index contributed by atoms with van der Waals surface area (Å²) in [7, 11) is 0. The fourth-order valence-electron chi connectivity index (χ4n) is 5.71. The molecule has 0 aliphatic carbocycles. The molecule has 0 saturated carbocycles. The van der Waals surface area contributed by atoms with E-state index in [4.69, 9.17) is 0 Å².